The standard InChI is InChI=1S/C39H69N3O10/c1-10-30-39(8,49)34(46)25(4)31(43)23(2)21-38(7,48)35(26(5)32(44)27(6)36(47)51-30)52-37-33(45)29(20-24(3)50-37)42(9)19-18-40-16-17-41-22-28-14-12-11-13-15-28/h11-15,23-27,29-35,37,40-41,43-46,48-49H,10,16-22H2,1-9H3/t23-,24-,25+,26+,27-,29+,30-,31+,32+,33-,34-,35-,37+,38+,39-/m1/s1. The molecule has 2 heterocycles. The summed E-state index contributed by atoms with van der Waals surface area (Å²) in [6.45, 7) is 16.7. The summed E-state index contributed by atoms with van der Waals surface area (Å²) in [7, 11) is 1.94. The van der Waals surface area contributed by atoms with E-state index in [-0.39, 0.29) is 25.0 Å². The molecule has 0 saturated carbocycles. The molecule has 8 N–H and O–H groups in total. The van der Waals surface area contributed by atoms with Crippen molar-refractivity contribution < 1.29 is 49.6 Å². The molecule has 2 fully saturated rings. The van der Waals surface area contributed by atoms with Crippen LogP contribution in [0.4, 0.5) is 0 Å². The Labute approximate surface area is 311 Å². The number of aliphatic hydroxyl groups is 6. The van der Waals surface area contributed by atoms with E-state index in [0.29, 0.717) is 19.5 Å². The number of nitrogens with zero attached hydrogens (tertiary/aromatic N) is 1. The fourth-order valence-electron chi connectivity index (χ4n) is 8.07. The van der Waals surface area contributed by atoms with Gasteiger partial charge in [-0.3, -0.25) is 9.69 Å². The van der Waals surface area contributed by atoms with E-state index in [1.807, 2.05) is 32.2 Å². The summed E-state index contributed by atoms with van der Waals surface area (Å²) in [6.07, 6.45) is -8.17. The first-order valence-electron chi connectivity index (χ1n) is 19.2. The van der Waals surface area contributed by atoms with E-state index in [1.54, 1.807) is 27.7 Å². The highest BCUT2D eigenvalue weighted by Crippen LogP contribution is 2.38. The predicted molar refractivity (Wildman–Crippen MR) is 198 cm³/mol. The van der Waals surface area contributed by atoms with Gasteiger partial charge in [0, 0.05) is 50.6 Å². The summed E-state index contributed by atoms with van der Waals surface area (Å²) in [5.74, 6) is -4.24. The molecule has 0 aliphatic carbocycles. The van der Waals surface area contributed by atoms with Gasteiger partial charge in [-0.1, -0.05) is 58.0 Å². The van der Waals surface area contributed by atoms with Crippen molar-refractivity contribution in [3.63, 3.8) is 0 Å². The lowest BCUT2D eigenvalue weighted by molar-refractivity contribution is -0.300. The second-order valence-electron chi connectivity index (χ2n) is 16.1. The Kier molecular flexibility index (Phi) is 16.9. The first-order chi connectivity index (χ1) is 24.3. The molecule has 0 spiro atoms. The van der Waals surface area contributed by atoms with Crippen LogP contribution in [-0.2, 0) is 25.5 Å². The minimum Gasteiger partial charge on any atom is -0.459 e. The van der Waals surface area contributed by atoms with Crippen LogP contribution in [0.25, 0.3) is 0 Å². The number of aliphatic hydroxyl groups excluding tert-OH is 4. The van der Waals surface area contributed by atoms with E-state index in [1.165, 1.54) is 26.3 Å². The van der Waals surface area contributed by atoms with Crippen LogP contribution in [0.15, 0.2) is 30.3 Å². The molecule has 15 atom stereocenters. The number of ether oxygens (including phenoxy) is 3. The molecule has 13 nitrogen and oxygen atoms in total. The molecule has 0 amide bonds. The highest BCUT2D eigenvalue weighted by atomic mass is 16.7. The maximum absolute atomic E-state index is 13.4. The average Bonchev–Trinajstić information content (AvgIpc) is 3.10. The first kappa shape index (κ1) is 44.6. The molecule has 0 bridgehead atoms. The summed E-state index contributed by atoms with van der Waals surface area (Å²) in [5.41, 5.74) is -2.38. The van der Waals surface area contributed by atoms with Gasteiger partial charge in [0.05, 0.1) is 42.0 Å². The number of rotatable bonds is 12. The lowest BCUT2D eigenvalue weighted by atomic mass is 9.73. The zero-order valence-corrected chi connectivity index (χ0v) is 32.8. The summed E-state index contributed by atoms with van der Waals surface area (Å²) in [5, 5.41) is 76.1. The number of carbonyl (C=O) groups is 1. The summed E-state index contributed by atoms with van der Waals surface area (Å²) >= 11 is 0. The molecule has 2 aliphatic rings. The van der Waals surface area contributed by atoms with E-state index in [2.05, 4.69) is 27.7 Å². The molecular weight excluding hydrogens is 670 g/mol. The third-order valence-corrected chi connectivity index (χ3v) is 11.5. The molecule has 0 radical (unpaired) electrons. The number of hydrogen-bond donors (Lipinski definition) is 8. The highest BCUT2D eigenvalue weighted by molar-refractivity contribution is 5.73. The van der Waals surface area contributed by atoms with E-state index in [4.69, 9.17) is 14.2 Å². The number of carbonyl (C=O) groups excluding carboxylic acids is 1. The molecule has 3 rings (SSSR count). The fourth-order valence-corrected chi connectivity index (χ4v) is 8.07. The zero-order chi connectivity index (χ0) is 39.0. The Morgan fingerprint density at radius 1 is 0.904 bits per heavy atom. The van der Waals surface area contributed by atoms with Crippen molar-refractivity contribution in [2.24, 2.45) is 23.7 Å². The number of nitrogens with one attached hydrogen (secondary N) is 2. The minimum absolute atomic E-state index is 0.0291. The van der Waals surface area contributed by atoms with Crippen molar-refractivity contribution in [1.29, 1.82) is 0 Å². The van der Waals surface area contributed by atoms with Crippen LogP contribution in [0, 0.1) is 23.7 Å². The lowest BCUT2D eigenvalue weighted by Gasteiger charge is -2.48. The number of cyclic esters (lactones) is 1. The predicted octanol–water partition coefficient (Wildman–Crippen LogP) is 1.40. The van der Waals surface area contributed by atoms with Gasteiger partial charge in [-0.25, -0.2) is 0 Å². The molecular formula is C39H69N3O10. The van der Waals surface area contributed by atoms with Crippen molar-refractivity contribution in [2.75, 3.05) is 33.2 Å². The normalized spacial score (nSPS) is 41.4. The van der Waals surface area contributed by atoms with E-state index in [9.17, 15) is 35.4 Å². The van der Waals surface area contributed by atoms with Gasteiger partial charge in [-0.2, -0.15) is 0 Å². The third kappa shape index (κ3) is 11.4. The Morgan fingerprint density at radius 3 is 2.17 bits per heavy atom. The SMILES string of the molecule is CC[C@H]1OC(=O)[C@H](C)[C@@H](O)[C@H](C)[C@@H](O[C@@H]2O[C@H](C)C[C@H](N(C)CCNCCNCc3ccccc3)[C@H]2O)[C@@](C)(O)C[C@@H](C)[C@H](O)[C@H](C)[C@@H](O)[C@]1(C)O. The van der Waals surface area contributed by atoms with Gasteiger partial charge in [0.25, 0.3) is 0 Å². The smallest absolute Gasteiger partial charge is 0.311 e. The topological polar surface area (TPSA) is 193 Å². The van der Waals surface area contributed by atoms with E-state index in [0.717, 1.165) is 19.6 Å². The molecule has 2 saturated heterocycles. The number of likely N-dealkylation sites (N-methyl/N-ethyl adjacent to an activating group) is 1. The van der Waals surface area contributed by atoms with Gasteiger partial charge in [-0.05, 0) is 65.5 Å². The van der Waals surface area contributed by atoms with Crippen molar-refractivity contribution >= 4 is 5.97 Å². The van der Waals surface area contributed by atoms with Crippen LogP contribution in [0.2, 0.25) is 0 Å². The van der Waals surface area contributed by atoms with Gasteiger partial charge >= 0.3 is 5.97 Å². The number of hydrogen-bond acceptors (Lipinski definition) is 13. The minimum atomic E-state index is -1.90. The van der Waals surface area contributed by atoms with E-state index >= 15 is 0 Å². The summed E-state index contributed by atoms with van der Waals surface area (Å²) in [4.78, 5) is 15.5. The molecule has 1 aromatic carbocycles. The number of esters is 1. The van der Waals surface area contributed by atoms with Crippen molar-refractivity contribution in [1.82, 2.24) is 15.5 Å². The summed E-state index contributed by atoms with van der Waals surface area (Å²) < 4.78 is 18.3. The maximum Gasteiger partial charge on any atom is 0.311 e. The second-order valence-corrected chi connectivity index (χ2v) is 16.1. The zero-order valence-electron chi connectivity index (χ0n) is 32.8. The average molecular weight is 740 g/mol. The van der Waals surface area contributed by atoms with Crippen LogP contribution in [0.5, 0.6) is 0 Å². The van der Waals surface area contributed by atoms with Crippen LogP contribution >= 0.6 is 0 Å². The Balaban J connectivity index is 1.76. The molecule has 0 unspecified atom stereocenters. The Morgan fingerprint density at radius 2 is 1.54 bits per heavy atom. The lowest BCUT2D eigenvalue weighted by Crippen LogP contribution is -2.60. The Hall–Kier alpha value is -1.75. The fraction of sp³-hybridized carbons (Fsp3) is 0.821. The van der Waals surface area contributed by atoms with Gasteiger partial charge in [0.15, 0.2) is 6.29 Å². The number of benzene rings is 1. The Bertz CT molecular complexity index is 1210. The third-order valence-electron chi connectivity index (χ3n) is 11.5. The highest BCUT2D eigenvalue weighted by Gasteiger charge is 2.51. The molecule has 2 aliphatic heterocycles. The van der Waals surface area contributed by atoms with Crippen molar-refractivity contribution in [3.05, 3.63) is 35.9 Å². The summed E-state index contributed by atoms with van der Waals surface area (Å²) in [6, 6.07) is 9.89. The van der Waals surface area contributed by atoms with Crippen LogP contribution in [0.3, 0.4) is 0 Å². The maximum atomic E-state index is 13.4. The second kappa shape index (κ2) is 19.7. The molecule has 1 aromatic rings. The van der Waals surface area contributed by atoms with Crippen LogP contribution in [0.1, 0.15) is 80.2 Å². The van der Waals surface area contributed by atoms with Crippen molar-refractivity contribution in [3.8, 4) is 0 Å². The van der Waals surface area contributed by atoms with Gasteiger partial charge in [0.1, 0.15) is 17.8 Å². The molecule has 52 heavy (non-hydrogen) atoms. The van der Waals surface area contributed by atoms with Crippen LogP contribution < -0.4 is 10.6 Å². The molecule has 13 heteroatoms. The quantitative estimate of drug-likeness (QED) is 0.113. The van der Waals surface area contributed by atoms with Crippen LogP contribution in [-0.4, -0.2) is 141 Å². The largest absolute Gasteiger partial charge is 0.459 e. The molecule has 0 aromatic heterocycles. The first-order valence-corrected chi connectivity index (χ1v) is 19.2. The van der Waals surface area contributed by atoms with Gasteiger partial charge in [-0.15, -0.1) is 0 Å². The molecule has 300 valence electrons. The van der Waals surface area contributed by atoms with Gasteiger partial charge in [0.2, 0.25) is 0 Å². The monoisotopic (exact) mass is 739 g/mol. The van der Waals surface area contributed by atoms with E-state index < -0.39 is 83.8 Å². The van der Waals surface area contributed by atoms with Gasteiger partial charge < -0.3 is 55.5 Å². The van der Waals surface area contributed by atoms with Crippen molar-refractivity contribution in [2.45, 2.75) is 147 Å².